The lowest BCUT2D eigenvalue weighted by atomic mass is 9.62. The standard InChI is InChI=1S/C16H27NO2S/c1-12(2)20-10-13(18)4-7-17-11-16(5-3-6-16)14-8-19-9-15(14)17/h12,14-15H,3-11H2,1-2H3. The third-order valence-electron chi connectivity index (χ3n) is 5.43. The number of nitrogens with zero attached hydrogens (tertiary/aromatic N) is 1. The quantitative estimate of drug-likeness (QED) is 0.754. The molecule has 2 aliphatic heterocycles. The Morgan fingerprint density at radius 3 is 2.85 bits per heavy atom. The normalized spacial score (nSPS) is 31.8. The first-order valence-electron chi connectivity index (χ1n) is 8.06. The minimum absolute atomic E-state index is 0.411. The third kappa shape index (κ3) is 2.79. The fraction of sp³-hybridized carbons (Fsp3) is 0.938. The van der Waals surface area contributed by atoms with Crippen LogP contribution in [0.1, 0.15) is 39.5 Å². The first kappa shape index (κ1) is 14.9. The van der Waals surface area contributed by atoms with Crippen LogP contribution in [0.3, 0.4) is 0 Å². The van der Waals surface area contributed by atoms with Crippen LogP contribution in [0.2, 0.25) is 0 Å². The van der Waals surface area contributed by atoms with Gasteiger partial charge in [0, 0.05) is 31.5 Å². The van der Waals surface area contributed by atoms with E-state index in [1.54, 1.807) is 11.8 Å². The molecule has 0 aromatic carbocycles. The zero-order chi connectivity index (χ0) is 14.2. The highest BCUT2D eigenvalue weighted by atomic mass is 32.2. The number of carbonyl (C=O) groups excluding carboxylic acids is 1. The number of carbonyl (C=O) groups is 1. The Labute approximate surface area is 126 Å². The minimum Gasteiger partial charge on any atom is -0.379 e. The van der Waals surface area contributed by atoms with Crippen molar-refractivity contribution in [3.05, 3.63) is 0 Å². The van der Waals surface area contributed by atoms with Gasteiger partial charge in [-0.3, -0.25) is 9.69 Å². The molecule has 1 saturated carbocycles. The van der Waals surface area contributed by atoms with E-state index in [-0.39, 0.29) is 0 Å². The average Bonchev–Trinajstić information content (AvgIpc) is 2.93. The fourth-order valence-corrected chi connectivity index (χ4v) is 4.80. The molecule has 1 spiro atoms. The van der Waals surface area contributed by atoms with Gasteiger partial charge in [0.05, 0.1) is 19.0 Å². The molecule has 0 aromatic rings. The van der Waals surface area contributed by atoms with E-state index in [2.05, 4.69) is 18.7 Å². The molecule has 20 heavy (non-hydrogen) atoms. The smallest absolute Gasteiger partial charge is 0.144 e. The van der Waals surface area contributed by atoms with Gasteiger partial charge in [-0.2, -0.15) is 11.8 Å². The van der Waals surface area contributed by atoms with Crippen molar-refractivity contribution >= 4 is 17.5 Å². The van der Waals surface area contributed by atoms with Crippen LogP contribution in [0.4, 0.5) is 0 Å². The molecule has 0 aromatic heterocycles. The molecule has 0 bridgehead atoms. The van der Waals surface area contributed by atoms with Gasteiger partial charge in [-0.1, -0.05) is 20.3 Å². The Kier molecular flexibility index (Phi) is 4.44. The second-order valence-corrected chi connectivity index (χ2v) is 8.61. The van der Waals surface area contributed by atoms with Crippen molar-refractivity contribution in [2.45, 2.75) is 50.8 Å². The Balaban J connectivity index is 1.49. The second kappa shape index (κ2) is 5.98. The molecule has 0 amide bonds. The van der Waals surface area contributed by atoms with Gasteiger partial charge in [-0.25, -0.2) is 0 Å². The topological polar surface area (TPSA) is 29.5 Å². The molecular weight excluding hydrogens is 270 g/mol. The van der Waals surface area contributed by atoms with Crippen LogP contribution >= 0.6 is 11.8 Å². The van der Waals surface area contributed by atoms with E-state index in [0.717, 1.165) is 32.1 Å². The van der Waals surface area contributed by atoms with Crippen molar-refractivity contribution < 1.29 is 9.53 Å². The highest BCUT2D eigenvalue weighted by molar-refractivity contribution is 8.00. The average molecular weight is 297 g/mol. The number of Topliss-reactive ketones (excluding diaryl/α,β-unsaturated/α-hetero) is 1. The van der Waals surface area contributed by atoms with E-state index >= 15 is 0 Å². The summed E-state index contributed by atoms with van der Waals surface area (Å²) in [5.41, 5.74) is 0.552. The lowest BCUT2D eigenvalue weighted by molar-refractivity contribution is -0.117. The number of ether oxygens (including phenoxy) is 1. The Morgan fingerprint density at radius 1 is 1.40 bits per heavy atom. The highest BCUT2D eigenvalue weighted by Gasteiger charge is 2.56. The fourth-order valence-electron chi connectivity index (χ4n) is 4.13. The first-order valence-corrected chi connectivity index (χ1v) is 9.11. The SMILES string of the molecule is CC(C)SCC(=O)CCN1CC2(CCC2)C2COCC21. The largest absolute Gasteiger partial charge is 0.379 e. The number of hydrogen-bond acceptors (Lipinski definition) is 4. The van der Waals surface area contributed by atoms with Gasteiger partial charge in [0.25, 0.3) is 0 Å². The van der Waals surface area contributed by atoms with E-state index in [0.29, 0.717) is 28.2 Å². The predicted molar refractivity (Wildman–Crippen MR) is 83.2 cm³/mol. The van der Waals surface area contributed by atoms with Gasteiger partial charge in [0.2, 0.25) is 0 Å². The summed E-state index contributed by atoms with van der Waals surface area (Å²) >= 11 is 1.76. The van der Waals surface area contributed by atoms with Crippen LogP contribution in [0.15, 0.2) is 0 Å². The number of rotatable bonds is 6. The number of hydrogen-bond donors (Lipinski definition) is 0. The summed E-state index contributed by atoms with van der Waals surface area (Å²) < 4.78 is 5.73. The summed E-state index contributed by atoms with van der Waals surface area (Å²) in [6.07, 6.45) is 4.87. The molecular formula is C16H27NO2S. The van der Waals surface area contributed by atoms with Gasteiger partial charge in [-0.15, -0.1) is 0 Å². The van der Waals surface area contributed by atoms with Crippen molar-refractivity contribution in [2.75, 3.05) is 32.1 Å². The maximum absolute atomic E-state index is 12.0. The summed E-state index contributed by atoms with van der Waals surface area (Å²) in [6, 6.07) is 0.598. The van der Waals surface area contributed by atoms with Gasteiger partial charge >= 0.3 is 0 Å². The Bertz CT molecular complexity index is 367. The van der Waals surface area contributed by atoms with Crippen molar-refractivity contribution in [1.82, 2.24) is 4.90 Å². The number of ketones is 1. The van der Waals surface area contributed by atoms with E-state index in [1.165, 1.54) is 25.8 Å². The molecule has 3 aliphatic rings. The molecule has 2 atom stereocenters. The predicted octanol–water partition coefficient (Wildman–Crippen LogP) is 2.59. The molecule has 2 heterocycles. The van der Waals surface area contributed by atoms with Crippen LogP contribution in [-0.4, -0.2) is 54.0 Å². The molecule has 2 unspecified atom stereocenters. The van der Waals surface area contributed by atoms with Gasteiger partial charge in [-0.05, 0) is 23.5 Å². The summed E-state index contributed by atoms with van der Waals surface area (Å²) in [5, 5.41) is 0.552. The molecule has 114 valence electrons. The zero-order valence-corrected chi connectivity index (χ0v) is 13.6. The third-order valence-corrected chi connectivity index (χ3v) is 6.58. The molecule has 4 heteroatoms. The zero-order valence-electron chi connectivity index (χ0n) is 12.8. The van der Waals surface area contributed by atoms with Crippen LogP contribution < -0.4 is 0 Å². The van der Waals surface area contributed by atoms with Crippen molar-refractivity contribution in [3.8, 4) is 0 Å². The van der Waals surface area contributed by atoms with E-state index in [4.69, 9.17) is 4.74 Å². The van der Waals surface area contributed by atoms with Gasteiger partial charge in [0.1, 0.15) is 5.78 Å². The van der Waals surface area contributed by atoms with E-state index in [9.17, 15) is 4.79 Å². The maximum Gasteiger partial charge on any atom is 0.144 e. The van der Waals surface area contributed by atoms with Crippen LogP contribution in [0, 0.1) is 11.3 Å². The highest BCUT2D eigenvalue weighted by Crippen LogP contribution is 2.55. The molecule has 1 aliphatic carbocycles. The minimum atomic E-state index is 0.411. The molecule has 2 saturated heterocycles. The van der Waals surface area contributed by atoms with Gasteiger partial charge in [0.15, 0.2) is 0 Å². The Morgan fingerprint density at radius 2 is 2.20 bits per heavy atom. The Hall–Kier alpha value is -0.0600. The molecule has 0 radical (unpaired) electrons. The maximum atomic E-state index is 12.0. The first-order chi connectivity index (χ1) is 9.61. The summed E-state index contributed by atoms with van der Waals surface area (Å²) in [7, 11) is 0. The molecule has 3 fully saturated rings. The van der Waals surface area contributed by atoms with Gasteiger partial charge < -0.3 is 4.74 Å². The summed E-state index contributed by atoms with van der Waals surface area (Å²) in [4.78, 5) is 14.5. The number of likely N-dealkylation sites (tertiary alicyclic amines) is 1. The van der Waals surface area contributed by atoms with Crippen LogP contribution in [0.5, 0.6) is 0 Å². The second-order valence-electron chi connectivity index (χ2n) is 7.05. The van der Waals surface area contributed by atoms with Crippen molar-refractivity contribution in [2.24, 2.45) is 11.3 Å². The molecule has 3 rings (SSSR count). The van der Waals surface area contributed by atoms with Crippen molar-refractivity contribution in [1.29, 1.82) is 0 Å². The number of fused-ring (bicyclic) bond motifs is 2. The van der Waals surface area contributed by atoms with E-state index < -0.39 is 0 Å². The lowest BCUT2D eigenvalue weighted by Gasteiger charge is -2.42. The summed E-state index contributed by atoms with van der Waals surface area (Å²) in [5.74, 6) is 1.84. The molecule has 3 nitrogen and oxygen atoms in total. The lowest BCUT2D eigenvalue weighted by Crippen LogP contribution is -2.38. The van der Waals surface area contributed by atoms with E-state index in [1.807, 2.05) is 0 Å². The summed E-state index contributed by atoms with van der Waals surface area (Å²) in [6.45, 7) is 8.32. The van der Waals surface area contributed by atoms with Crippen molar-refractivity contribution in [3.63, 3.8) is 0 Å². The van der Waals surface area contributed by atoms with Crippen LogP contribution in [-0.2, 0) is 9.53 Å². The monoisotopic (exact) mass is 297 g/mol. The number of thioether (sulfide) groups is 1. The molecule has 0 N–H and O–H groups in total. The van der Waals surface area contributed by atoms with Crippen LogP contribution in [0.25, 0.3) is 0 Å².